The number of hydrogen-bond donors (Lipinski definition) is 2. The summed E-state index contributed by atoms with van der Waals surface area (Å²) in [6, 6.07) is 8.57. The number of hydrogen-bond acceptors (Lipinski definition) is 3. The van der Waals surface area contributed by atoms with E-state index in [1.165, 1.54) is 11.1 Å². The molecule has 1 aliphatic carbocycles. The van der Waals surface area contributed by atoms with Crippen LogP contribution in [0.25, 0.3) is 0 Å². The Hall–Kier alpha value is -1.46. The van der Waals surface area contributed by atoms with E-state index in [1.54, 1.807) is 0 Å². The van der Waals surface area contributed by atoms with E-state index in [4.69, 9.17) is 17.0 Å². The van der Waals surface area contributed by atoms with E-state index in [1.807, 2.05) is 0 Å². The monoisotopic (exact) mass is 303 g/mol. The van der Waals surface area contributed by atoms with Crippen molar-refractivity contribution in [1.82, 2.24) is 10.7 Å². The van der Waals surface area contributed by atoms with Gasteiger partial charge in [0.15, 0.2) is 5.11 Å². The van der Waals surface area contributed by atoms with Gasteiger partial charge in [-0.15, -0.1) is 0 Å². The smallest absolute Gasteiger partial charge is 0.187 e. The predicted molar refractivity (Wildman–Crippen MR) is 88.6 cm³/mol. The number of nitrogens with zero attached hydrogens (tertiary/aromatic N) is 1. The summed E-state index contributed by atoms with van der Waals surface area (Å²) in [4.78, 5) is 0. The predicted octanol–water partition coefficient (Wildman–Crippen LogP) is 2.17. The van der Waals surface area contributed by atoms with Gasteiger partial charge in [-0.05, 0) is 49.0 Å². The fraction of sp³-hybridized carbons (Fsp3) is 0.500. The van der Waals surface area contributed by atoms with Gasteiger partial charge in [-0.2, -0.15) is 5.10 Å². The zero-order valence-electron chi connectivity index (χ0n) is 12.1. The van der Waals surface area contributed by atoms with E-state index < -0.39 is 0 Å². The summed E-state index contributed by atoms with van der Waals surface area (Å²) in [5.74, 6) is 0. The second kappa shape index (κ2) is 7.00. The van der Waals surface area contributed by atoms with Gasteiger partial charge in [0.25, 0.3) is 0 Å². The third-order valence-electron chi connectivity index (χ3n) is 4.03. The van der Waals surface area contributed by atoms with Crippen molar-refractivity contribution >= 4 is 23.0 Å². The molecule has 1 aromatic rings. The average Bonchev–Trinajstić information content (AvgIpc) is 3.04. The molecule has 1 heterocycles. The first-order chi connectivity index (χ1) is 10.3. The fourth-order valence-electron chi connectivity index (χ4n) is 2.84. The molecule has 112 valence electrons. The van der Waals surface area contributed by atoms with Crippen LogP contribution < -0.4 is 10.7 Å². The molecule has 3 rings (SSSR count). The second-order valence-electron chi connectivity index (χ2n) is 5.58. The SMILES string of the molecule is S=C(NC[C@H]1CCCO1)N/N=C1\CCc2ccccc2C1. The summed E-state index contributed by atoms with van der Waals surface area (Å²) in [7, 11) is 0. The number of fused-ring (bicyclic) bond motifs is 1. The van der Waals surface area contributed by atoms with E-state index in [2.05, 4.69) is 40.1 Å². The molecule has 1 atom stereocenters. The molecule has 1 aromatic carbocycles. The molecular weight excluding hydrogens is 282 g/mol. The Kier molecular flexibility index (Phi) is 4.83. The van der Waals surface area contributed by atoms with Crippen LogP contribution in [0.3, 0.4) is 0 Å². The Labute approximate surface area is 131 Å². The van der Waals surface area contributed by atoms with Crippen molar-refractivity contribution in [1.29, 1.82) is 0 Å². The van der Waals surface area contributed by atoms with Crippen LogP contribution in [-0.2, 0) is 17.6 Å². The minimum atomic E-state index is 0.291. The van der Waals surface area contributed by atoms with Crippen molar-refractivity contribution in [3.8, 4) is 0 Å². The lowest BCUT2D eigenvalue weighted by Crippen LogP contribution is -2.37. The lowest BCUT2D eigenvalue weighted by atomic mass is 9.90. The molecule has 0 aromatic heterocycles. The molecule has 0 amide bonds. The molecule has 4 nitrogen and oxygen atoms in total. The highest BCUT2D eigenvalue weighted by atomic mass is 32.1. The Morgan fingerprint density at radius 3 is 2.95 bits per heavy atom. The number of nitrogens with one attached hydrogen (secondary N) is 2. The van der Waals surface area contributed by atoms with Gasteiger partial charge in [-0.25, -0.2) is 0 Å². The molecule has 2 aliphatic rings. The molecule has 0 unspecified atom stereocenters. The number of rotatable bonds is 3. The van der Waals surface area contributed by atoms with Gasteiger partial charge < -0.3 is 10.1 Å². The molecule has 0 saturated carbocycles. The van der Waals surface area contributed by atoms with Crippen LogP contribution >= 0.6 is 12.2 Å². The van der Waals surface area contributed by atoms with Gasteiger partial charge in [0.2, 0.25) is 0 Å². The molecule has 21 heavy (non-hydrogen) atoms. The number of ether oxygens (including phenoxy) is 1. The van der Waals surface area contributed by atoms with Gasteiger partial charge in [-0.1, -0.05) is 24.3 Å². The first-order valence-corrected chi connectivity index (χ1v) is 8.00. The van der Waals surface area contributed by atoms with Crippen LogP contribution in [0.1, 0.15) is 30.4 Å². The molecule has 5 heteroatoms. The van der Waals surface area contributed by atoms with Crippen LogP contribution in [0.5, 0.6) is 0 Å². The van der Waals surface area contributed by atoms with E-state index in [0.29, 0.717) is 11.2 Å². The lowest BCUT2D eigenvalue weighted by Gasteiger charge is -2.18. The maximum absolute atomic E-state index is 5.55. The van der Waals surface area contributed by atoms with Gasteiger partial charge in [0, 0.05) is 25.3 Å². The average molecular weight is 303 g/mol. The standard InChI is InChI=1S/C16H21N3OS/c21-16(17-11-15-6-3-9-20-15)19-18-14-8-7-12-4-1-2-5-13(12)10-14/h1-2,4-5,15H,3,6-11H2,(H2,17,19,21)/b18-14+/t15-/m1/s1. The Balaban J connectivity index is 1.46. The normalized spacial score (nSPS) is 22.9. The summed E-state index contributed by atoms with van der Waals surface area (Å²) in [5, 5.41) is 8.20. The summed E-state index contributed by atoms with van der Waals surface area (Å²) in [6.45, 7) is 1.63. The minimum absolute atomic E-state index is 0.291. The molecule has 1 fully saturated rings. The first kappa shape index (κ1) is 14.5. The van der Waals surface area contributed by atoms with Crippen LogP contribution in [0.15, 0.2) is 29.4 Å². The van der Waals surface area contributed by atoms with E-state index >= 15 is 0 Å². The summed E-state index contributed by atoms with van der Waals surface area (Å²) >= 11 is 5.25. The van der Waals surface area contributed by atoms with Crippen molar-refractivity contribution in [2.24, 2.45) is 5.10 Å². The van der Waals surface area contributed by atoms with Gasteiger partial charge in [0.1, 0.15) is 0 Å². The Morgan fingerprint density at radius 2 is 2.14 bits per heavy atom. The van der Waals surface area contributed by atoms with Gasteiger partial charge >= 0.3 is 0 Å². The van der Waals surface area contributed by atoms with Crippen molar-refractivity contribution in [2.75, 3.05) is 13.2 Å². The van der Waals surface area contributed by atoms with Gasteiger partial charge in [0.05, 0.1) is 6.10 Å². The first-order valence-electron chi connectivity index (χ1n) is 7.59. The zero-order chi connectivity index (χ0) is 14.5. The van der Waals surface area contributed by atoms with Crippen molar-refractivity contribution in [2.45, 2.75) is 38.2 Å². The number of hydrazone groups is 1. The second-order valence-corrected chi connectivity index (χ2v) is 5.99. The quantitative estimate of drug-likeness (QED) is 0.663. The van der Waals surface area contributed by atoms with Crippen LogP contribution in [0, 0.1) is 0 Å². The molecule has 1 saturated heterocycles. The van der Waals surface area contributed by atoms with Crippen LogP contribution in [-0.4, -0.2) is 30.1 Å². The number of aryl methyl sites for hydroxylation is 1. The molecule has 2 N–H and O–H groups in total. The molecular formula is C16H21N3OS. The molecule has 0 bridgehead atoms. The molecule has 1 aliphatic heterocycles. The highest BCUT2D eigenvalue weighted by Gasteiger charge is 2.16. The van der Waals surface area contributed by atoms with Crippen molar-refractivity contribution in [3.05, 3.63) is 35.4 Å². The zero-order valence-corrected chi connectivity index (χ0v) is 12.9. The number of benzene rings is 1. The summed E-state index contributed by atoms with van der Waals surface area (Å²) < 4.78 is 5.55. The summed E-state index contributed by atoms with van der Waals surface area (Å²) in [6.07, 6.45) is 5.52. The number of thiocarbonyl (C=S) groups is 1. The highest BCUT2D eigenvalue weighted by Crippen LogP contribution is 2.18. The van der Waals surface area contributed by atoms with Crippen molar-refractivity contribution < 1.29 is 4.74 Å². The lowest BCUT2D eigenvalue weighted by molar-refractivity contribution is 0.114. The topological polar surface area (TPSA) is 45.6 Å². The van der Waals surface area contributed by atoms with Gasteiger partial charge in [-0.3, -0.25) is 5.43 Å². The van der Waals surface area contributed by atoms with Crippen LogP contribution in [0.2, 0.25) is 0 Å². The third kappa shape index (κ3) is 4.02. The molecule has 0 radical (unpaired) electrons. The maximum Gasteiger partial charge on any atom is 0.187 e. The minimum Gasteiger partial charge on any atom is -0.376 e. The Bertz CT molecular complexity index is 538. The van der Waals surface area contributed by atoms with Crippen LogP contribution in [0.4, 0.5) is 0 Å². The molecule has 0 spiro atoms. The van der Waals surface area contributed by atoms with E-state index in [-0.39, 0.29) is 0 Å². The third-order valence-corrected chi connectivity index (χ3v) is 4.26. The highest BCUT2D eigenvalue weighted by molar-refractivity contribution is 7.80. The van der Waals surface area contributed by atoms with E-state index in [0.717, 1.165) is 51.0 Å². The Morgan fingerprint density at radius 1 is 1.29 bits per heavy atom. The van der Waals surface area contributed by atoms with Crippen molar-refractivity contribution in [3.63, 3.8) is 0 Å². The summed E-state index contributed by atoms with van der Waals surface area (Å²) in [5.41, 5.74) is 6.94. The maximum atomic E-state index is 5.55. The van der Waals surface area contributed by atoms with E-state index in [9.17, 15) is 0 Å². The largest absolute Gasteiger partial charge is 0.376 e. The fourth-order valence-corrected chi connectivity index (χ4v) is 2.97.